The minimum Gasteiger partial charge on any atom is -0.394 e. The fourth-order valence-electron chi connectivity index (χ4n) is 2.30. The number of nitrogens with one attached hydrogen (secondary N) is 1. The number of aliphatic hydroxyl groups excluding tert-OH is 2. The molecule has 2 aromatic heterocycles. The van der Waals surface area contributed by atoms with E-state index in [4.69, 9.17) is 9.84 Å². The number of anilines is 1. The molecule has 1 aliphatic rings. The van der Waals surface area contributed by atoms with Crippen molar-refractivity contribution in [3.8, 4) is 0 Å². The fourth-order valence-corrected chi connectivity index (χ4v) is 2.30. The zero-order valence-electron chi connectivity index (χ0n) is 10.6. The van der Waals surface area contributed by atoms with Crippen LogP contribution in [0.5, 0.6) is 0 Å². The fraction of sp³-hybridized carbons (Fsp3) is 0.545. The van der Waals surface area contributed by atoms with Crippen molar-refractivity contribution < 1.29 is 19.3 Å². The van der Waals surface area contributed by atoms with Crippen molar-refractivity contribution in [1.82, 2.24) is 19.5 Å². The van der Waals surface area contributed by atoms with Gasteiger partial charge in [0.2, 0.25) is 0 Å². The molecular weight excluding hydrogens is 269 g/mol. The molecule has 8 nitrogen and oxygen atoms in total. The average molecular weight is 283 g/mol. The second kappa shape index (κ2) is 4.93. The molecule has 1 aliphatic heterocycles. The van der Waals surface area contributed by atoms with Gasteiger partial charge in [0.15, 0.2) is 23.9 Å². The molecule has 3 rings (SSSR count). The van der Waals surface area contributed by atoms with E-state index in [1.54, 1.807) is 7.05 Å². The van der Waals surface area contributed by atoms with E-state index in [9.17, 15) is 9.50 Å². The Labute approximate surface area is 113 Å². The van der Waals surface area contributed by atoms with E-state index in [1.807, 2.05) is 0 Å². The summed E-state index contributed by atoms with van der Waals surface area (Å²) in [5.41, 5.74) is 0.871. The van der Waals surface area contributed by atoms with Gasteiger partial charge in [-0.3, -0.25) is 4.57 Å². The second-order valence-corrected chi connectivity index (χ2v) is 4.48. The Balaban J connectivity index is 2.03. The summed E-state index contributed by atoms with van der Waals surface area (Å²) in [4.78, 5) is 12.2. The predicted molar refractivity (Wildman–Crippen MR) is 66.8 cm³/mol. The van der Waals surface area contributed by atoms with E-state index in [0.717, 1.165) is 0 Å². The number of aliphatic hydroxyl groups is 2. The van der Waals surface area contributed by atoms with Crippen molar-refractivity contribution in [1.29, 1.82) is 0 Å². The van der Waals surface area contributed by atoms with Crippen LogP contribution in [-0.4, -0.2) is 61.8 Å². The van der Waals surface area contributed by atoms with Gasteiger partial charge < -0.3 is 20.3 Å². The van der Waals surface area contributed by atoms with E-state index >= 15 is 0 Å². The Hall–Kier alpha value is -1.84. The topological polar surface area (TPSA) is 105 Å². The summed E-state index contributed by atoms with van der Waals surface area (Å²) >= 11 is 0. The molecule has 0 bridgehead atoms. The summed E-state index contributed by atoms with van der Waals surface area (Å²) in [6, 6.07) is 0. The van der Waals surface area contributed by atoms with Crippen molar-refractivity contribution in [3.63, 3.8) is 0 Å². The van der Waals surface area contributed by atoms with Crippen LogP contribution >= 0.6 is 0 Å². The molecule has 3 heterocycles. The molecule has 20 heavy (non-hydrogen) atoms. The Morgan fingerprint density at radius 3 is 2.90 bits per heavy atom. The lowest BCUT2D eigenvalue weighted by Crippen LogP contribution is -2.30. The number of alkyl halides is 1. The Kier molecular flexibility index (Phi) is 3.24. The van der Waals surface area contributed by atoms with Gasteiger partial charge in [0, 0.05) is 7.05 Å². The first kappa shape index (κ1) is 13.2. The summed E-state index contributed by atoms with van der Waals surface area (Å²) in [6.45, 7) is -0.457. The lowest BCUT2D eigenvalue weighted by Gasteiger charge is -2.14. The molecule has 4 atom stereocenters. The zero-order chi connectivity index (χ0) is 14.3. The number of halogens is 1. The van der Waals surface area contributed by atoms with Gasteiger partial charge in [-0.1, -0.05) is 0 Å². The van der Waals surface area contributed by atoms with Crippen LogP contribution in [0.1, 0.15) is 6.23 Å². The molecule has 0 unspecified atom stereocenters. The molecule has 0 amide bonds. The first-order valence-corrected chi connectivity index (χ1v) is 6.11. The summed E-state index contributed by atoms with van der Waals surface area (Å²) in [7, 11) is 1.69. The van der Waals surface area contributed by atoms with Crippen molar-refractivity contribution in [2.75, 3.05) is 19.0 Å². The van der Waals surface area contributed by atoms with Crippen LogP contribution in [0, 0.1) is 0 Å². The molecule has 2 aromatic rings. The minimum atomic E-state index is -1.67. The van der Waals surface area contributed by atoms with Crippen molar-refractivity contribution >= 4 is 17.0 Å². The highest BCUT2D eigenvalue weighted by Crippen LogP contribution is 2.33. The first-order chi connectivity index (χ1) is 9.67. The van der Waals surface area contributed by atoms with Gasteiger partial charge in [-0.15, -0.1) is 0 Å². The van der Waals surface area contributed by atoms with Gasteiger partial charge in [0.25, 0.3) is 0 Å². The third-order valence-corrected chi connectivity index (χ3v) is 3.34. The third-order valence-electron chi connectivity index (χ3n) is 3.34. The SMILES string of the molecule is CNc1ncnc2c1ncn2[C@@H]1O[C@H](CO)[C@H](O)[C@@H]1F. The molecule has 1 fully saturated rings. The zero-order valence-corrected chi connectivity index (χ0v) is 10.6. The maximum absolute atomic E-state index is 14.1. The minimum absolute atomic E-state index is 0.391. The molecule has 3 N–H and O–H groups in total. The highest BCUT2D eigenvalue weighted by molar-refractivity contribution is 5.82. The standard InChI is InChI=1S/C11H14FN5O3/c1-13-9-7-10(15-3-14-9)17(4-16-7)11-6(12)8(19)5(2-18)20-11/h3-6,8,11,18-19H,2H2,1H3,(H,13,14,15)/t5-,6+,8+,11-/m1/s1. The van der Waals surface area contributed by atoms with Crippen molar-refractivity contribution in [3.05, 3.63) is 12.7 Å². The number of aromatic nitrogens is 4. The van der Waals surface area contributed by atoms with Gasteiger partial charge in [-0.05, 0) is 0 Å². The normalized spacial score (nSPS) is 30.0. The van der Waals surface area contributed by atoms with E-state index < -0.39 is 31.2 Å². The van der Waals surface area contributed by atoms with E-state index in [-0.39, 0.29) is 0 Å². The Morgan fingerprint density at radius 1 is 1.45 bits per heavy atom. The lowest BCUT2D eigenvalue weighted by molar-refractivity contribution is -0.0459. The number of imidazole rings is 1. The summed E-state index contributed by atoms with van der Waals surface area (Å²) in [5.74, 6) is 0.515. The van der Waals surface area contributed by atoms with E-state index in [2.05, 4.69) is 20.3 Å². The molecular formula is C11H14FN5O3. The van der Waals surface area contributed by atoms with Gasteiger partial charge in [-0.25, -0.2) is 19.3 Å². The number of hydrogen-bond acceptors (Lipinski definition) is 7. The largest absolute Gasteiger partial charge is 0.394 e. The summed E-state index contributed by atoms with van der Waals surface area (Å²) in [6.07, 6.45) is -2.38. The van der Waals surface area contributed by atoms with Crippen LogP contribution < -0.4 is 5.32 Å². The van der Waals surface area contributed by atoms with Crippen LogP contribution in [0.2, 0.25) is 0 Å². The molecule has 0 spiro atoms. The maximum Gasteiger partial charge on any atom is 0.173 e. The van der Waals surface area contributed by atoms with Gasteiger partial charge >= 0.3 is 0 Å². The van der Waals surface area contributed by atoms with Gasteiger partial charge in [-0.2, -0.15) is 0 Å². The number of fused-ring (bicyclic) bond motifs is 1. The number of ether oxygens (including phenoxy) is 1. The van der Waals surface area contributed by atoms with Crippen LogP contribution in [0.4, 0.5) is 10.2 Å². The average Bonchev–Trinajstić information content (AvgIpc) is 3.01. The number of nitrogens with zero attached hydrogens (tertiary/aromatic N) is 4. The Morgan fingerprint density at radius 2 is 2.25 bits per heavy atom. The van der Waals surface area contributed by atoms with Crippen LogP contribution in [-0.2, 0) is 4.74 Å². The second-order valence-electron chi connectivity index (χ2n) is 4.48. The lowest BCUT2D eigenvalue weighted by atomic mass is 10.1. The summed E-state index contributed by atoms with van der Waals surface area (Å²) in [5, 5.41) is 21.6. The Bertz CT molecular complexity index is 621. The van der Waals surface area contributed by atoms with Crippen molar-refractivity contribution in [2.24, 2.45) is 0 Å². The molecule has 0 saturated carbocycles. The molecule has 1 saturated heterocycles. The van der Waals surface area contributed by atoms with Crippen molar-refractivity contribution in [2.45, 2.75) is 24.6 Å². The number of rotatable bonds is 3. The van der Waals surface area contributed by atoms with Crippen LogP contribution in [0.3, 0.4) is 0 Å². The van der Waals surface area contributed by atoms with E-state index in [1.165, 1.54) is 17.2 Å². The predicted octanol–water partition coefficient (Wildman–Crippen LogP) is -0.543. The first-order valence-electron chi connectivity index (χ1n) is 6.11. The molecule has 0 aromatic carbocycles. The number of hydrogen-bond donors (Lipinski definition) is 3. The van der Waals surface area contributed by atoms with Gasteiger partial charge in [0.1, 0.15) is 24.1 Å². The highest BCUT2D eigenvalue weighted by Gasteiger charge is 2.45. The van der Waals surface area contributed by atoms with Crippen LogP contribution in [0.25, 0.3) is 11.2 Å². The maximum atomic E-state index is 14.1. The smallest absolute Gasteiger partial charge is 0.173 e. The molecule has 0 radical (unpaired) electrons. The summed E-state index contributed by atoms with van der Waals surface area (Å²) < 4.78 is 20.8. The third kappa shape index (κ3) is 1.82. The van der Waals surface area contributed by atoms with Crippen LogP contribution in [0.15, 0.2) is 12.7 Å². The van der Waals surface area contributed by atoms with Gasteiger partial charge in [0.05, 0.1) is 12.9 Å². The highest BCUT2D eigenvalue weighted by atomic mass is 19.1. The molecule has 108 valence electrons. The molecule has 0 aliphatic carbocycles. The monoisotopic (exact) mass is 283 g/mol. The van der Waals surface area contributed by atoms with E-state index in [0.29, 0.717) is 17.0 Å². The molecule has 9 heteroatoms. The quantitative estimate of drug-likeness (QED) is 0.694.